The Balaban J connectivity index is 1.67. The highest BCUT2D eigenvalue weighted by molar-refractivity contribution is 7.92. The first-order chi connectivity index (χ1) is 14.3. The van der Waals surface area contributed by atoms with E-state index in [9.17, 15) is 22.0 Å². The highest BCUT2D eigenvalue weighted by Crippen LogP contribution is 2.35. The minimum atomic E-state index is -4.22. The first-order valence-corrected chi connectivity index (χ1v) is 10.7. The maximum atomic E-state index is 13.9. The van der Waals surface area contributed by atoms with E-state index in [1.807, 2.05) is 17.7 Å². The van der Waals surface area contributed by atoms with E-state index >= 15 is 0 Å². The Morgan fingerprint density at radius 2 is 1.67 bits per heavy atom. The van der Waals surface area contributed by atoms with Crippen molar-refractivity contribution in [1.82, 2.24) is 0 Å². The molecule has 1 heterocycles. The summed E-state index contributed by atoms with van der Waals surface area (Å²) < 4.78 is 55.1. The zero-order chi connectivity index (χ0) is 21.5. The number of rotatable bonds is 4. The van der Waals surface area contributed by atoms with Gasteiger partial charge in [0, 0.05) is 17.3 Å². The van der Waals surface area contributed by atoms with Crippen LogP contribution < -0.4 is 9.62 Å². The molecule has 8 heteroatoms. The first-order valence-electron chi connectivity index (χ1n) is 9.26. The van der Waals surface area contributed by atoms with Gasteiger partial charge in [-0.15, -0.1) is 0 Å². The summed E-state index contributed by atoms with van der Waals surface area (Å²) in [5.41, 5.74) is 1.09. The van der Waals surface area contributed by atoms with Crippen LogP contribution in [0.15, 0.2) is 71.6 Å². The fraction of sp³-hybridized carbons (Fsp3) is 0.136. The molecule has 0 fully saturated rings. The lowest BCUT2D eigenvalue weighted by molar-refractivity contribution is 0.0981. The van der Waals surface area contributed by atoms with Gasteiger partial charge in [0.1, 0.15) is 17.3 Å². The third-order valence-electron chi connectivity index (χ3n) is 5.02. The molecule has 4 rings (SSSR count). The van der Waals surface area contributed by atoms with Crippen molar-refractivity contribution in [3.05, 3.63) is 89.5 Å². The van der Waals surface area contributed by atoms with Crippen molar-refractivity contribution in [1.29, 1.82) is 0 Å². The Labute approximate surface area is 173 Å². The molecule has 3 aromatic carbocycles. The van der Waals surface area contributed by atoms with Crippen LogP contribution in [0.2, 0.25) is 0 Å². The summed E-state index contributed by atoms with van der Waals surface area (Å²) in [6.45, 7) is 1.88. The number of hydrogen-bond donors (Lipinski definition) is 1. The van der Waals surface area contributed by atoms with E-state index in [1.165, 1.54) is 12.1 Å². The second-order valence-corrected chi connectivity index (χ2v) is 8.77. The molecule has 0 spiro atoms. The Hall–Kier alpha value is -3.26. The fourth-order valence-electron chi connectivity index (χ4n) is 3.59. The van der Waals surface area contributed by atoms with Crippen LogP contribution in [0.3, 0.4) is 0 Å². The van der Waals surface area contributed by atoms with Gasteiger partial charge < -0.3 is 4.90 Å². The lowest BCUT2D eigenvalue weighted by Gasteiger charge is -2.23. The Kier molecular flexibility index (Phi) is 5.03. The Morgan fingerprint density at radius 3 is 2.33 bits per heavy atom. The van der Waals surface area contributed by atoms with E-state index in [4.69, 9.17) is 0 Å². The predicted molar refractivity (Wildman–Crippen MR) is 110 cm³/mol. The molecule has 0 aromatic heterocycles. The molecule has 0 unspecified atom stereocenters. The second kappa shape index (κ2) is 7.53. The van der Waals surface area contributed by atoms with Crippen LogP contribution in [0.25, 0.3) is 0 Å². The fourth-order valence-corrected chi connectivity index (χ4v) is 4.72. The maximum absolute atomic E-state index is 13.9. The van der Waals surface area contributed by atoms with Gasteiger partial charge in [-0.1, -0.05) is 24.3 Å². The van der Waals surface area contributed by atoms with Crippen molar-refractivity contribution in [2.45, 2.75) is 24.3 Å². The van der Waals surface area contributed by atoms with Gasteiger partial charge >= 0.3 is 0 Å². The van der Waals surface area contributed by atoms with Gasteiger partial charge in [-0.25, -0.2) is 17.2 Å². The molecule has 0 saturated carbocycles. The molecule has 30 heavy (non-hydrogen) atoms. The van der Waals surface area contributed by atoms with Crippen LogP contribution in [0.1, 0.15) is 22.8 Å². The SMILES string of the molecule is C[C@H]1Cc2cc(S(=O)(=O)Nc3c(F)cccc3F)ccc2N1C(=O)c1ccccc1. The number of benzene rings is 3. The second-order valence-electron chi connectivity index (χ2n) is 7.09. The highest BCUT2D eigenvalue weighted by Gasteiger charge is 2.32. The molecule has 1 atom stereocenters. The summed E-state index contributed by atoms with van der Waals surface area (Å²) in [5.74, 6) is -2.19. The minimum absolute atomic E-state index is 0.134. The standard InChI is InChI=1S/C22H18F2N2O3S/c1-14-12-16-13-17(30(28,29)25-21-18(23)8-5-9-19(21)24)10-11-20(16)26(14)22(27)15-6-3-2-4-7-15/h2-11,13-14,25H,12H2,1H3/t14-/m0/s1. The lowest BCUT2D eigenvalue weighted by atomic mass is 10.1. The van der Waals surface area contributed by atoms with E-state index in [1.54, 1.807) is 35.2 Å². The van der Waals surface area contributed by atoms with Gasteiger partial charge in [-0.2, -0.15) is 0 Å². The molecule has 1 N–H and O–H groups in total. The van der Waals surface area contributed by atoms with Gasteiger partial charge in [-0.3, -0.25) is 9.52 Å². The molecule has 1 aliphatic heterocycles. The molecular weight excluding hydrogens is 410 g/mol. The summed E-state index contributed by atoms with van der Waals surface area (Å²) in [4.78, 5) is 14.4. The number of nitrogens with zero attached hydrogens (tertiary/aromatic N) is 1. The number of amides is 1. The van der Waals surface area contributed by atoms with Crippen molar-refractivity contribution < 1.29 is 22.0 Å². The third-order valence-corrected chi connectivity index (χ3v) is 6.36. The Morgan fingerprint density at radius 1 is 1.00 bits per heavy atom. The number of carbonyl (C=O) groups excluding carboxylic acids is 1. The summed E-state index contributed by atoms with van der Waals surface area (Å²) in [5, 5.41) is 0. The van der Waals surface area contributed by atoms with E-state index in [2.05, 4.69) is 0 Å². The van der Waals surface area contributed by atoms with Crippen LogP contribution in [0.4, 0.5) is 20.2 Å². The van der Waals surface area contributed by atoms with Crippen LogP contribution in [0.5, 0.6) is 0 Å². The number of sulfonamides is 1. The molecule has 5 nitrogen and oxygen atoms in total. The van der Waals surface area contributed by atoms with E-state index in [0.717, 1.165) is 18.2 Å². The molecule has 0 bridgehead atoms. The zero-order valence-electron chi connectivity index (χ0n) is 16.0. The summed E-state index contributed by atoms with van der Waals surface area (Å²) in [6.07, 6.45) is 0.464. The largest absolute Gasteiger partial charge is 0.305 e. The van der Waals surface area contributed by atoms with E-state index in [-0.39, 0.29) is 16.8 Å². The minimum Gasteiger partial charge on any atom is -0.305 e. The van der Waals surface area contributed by atoms with E-state index in [0.29, 0.717) is 23.2 Å². The van der Waals surface area contributed by atoms with E-state index < -0.39 is 27.3 Å². The smallest absolute Gasteiger partial charge is 0.262 e. The van der Waals surface area contributed by atoms with Gasteiger partial charge in [0.25, 0.3) is 15.9 Å². The molecule has 1 amide bonds. The predicted octanol–water partition coefficient (Wildman–Crippen LogP) is 4.36. The number of para-hydroxylation sites is 1. The summed E-state index contributed by atoms with van der Waals surface area (Å²) >= 11 is 0. The number of hydrogen-bond acceptors (Lipinski definition) is 3. The summed E-state index contributed by atoms with van der Waals surface area (Å²) in [7, 11) is -4.22. The van der Waals surface area contributed by atoms with Gasteiger partial charge in [0.05, 0.1) is 4.90 Å². The third kappa shape index (κ3) is 3.54. The quantitative estimate of drug-likeness (QED) is 0.672. The average Bonchev–Trinajstić information content (AvgIpc) is 3.06. The molecule has 3 aromatic rings. The first kappa shape index (κ1) is 20.0. The number of carbonyl (C=O) groups is 1. The van der Waals surface area contributed by atoms with Gasteiger partial charge in [0.2, 0.25) is 0 Å². The topological polar surface area (TPSA) is 66.5 Å². The number of nitrogens with one attached hydrogen (secondary N) is 1. The van der Waals surface area contributed by atoms with Crippen LogP contribution in [-0.2, 0) is 16.4 Å². The van der Waals surface area contributed by atoms with Crippen LogP contribution in [0, 0.1) is 11.6 Å². The van der Waals surface area contributed by atoms with Crippen molar-refractivity contribution in [2.24, 2.45) is 0 Å². The van der Waals surface area contributed by atoms with Crippen molar-refractivity contribution in [3.8, 4) is 0 Å². The summed E-state index contributed by atoms with van der Waals surface area (Å²) in [6, 6.07) is 16.0. The van der Waals surface area contributed by atoms with Crippen molar-refractivity contribution in [3.63, 3.8) is 0 Å². The molecule has 1 aliphatic rings. The monoisotopic (exact) mass is 428 g/mol. The Bertz CT molecular complexity index is 1210. The van der Waals surface area contributed by atoms with Gasteiger partial charge in [-0.05, 0) is 61.4 Å². The van der Waals surface area contributed by atoms with Gasteiger partial charge in [0.15, 0.2) is 0 Å². The normalized spacial score (nSPS) is 15.7. The molecule has 0 saturated heterocycles. The average molecular weight is 428 g/mol. The van der Waals surface area contributed by atoms with Crippen LogP contribution in [-0.4, -0.2) is 20.4 Å². The number of anilines is 2. The molecular formula is C22H18F2N2O3S. The highest BCUT2D eigenvalue weighted by atomic mass is 32.2. The molecule has 0 radical (unpaired) electrons. The van der Waals surface area contributed by atoms with Crippen molar-refractivity contribution in [2.75, 3.05) is 9.62 Å². The number of fused-ring (bicyclic) bond motifs is 1. The zero-order valence-corrected chi connectivity index (χ0v) is 16.8. The molecule has 0 aliphatic carbocycles. The van der Waals surface area contributed by atoms with Crippen LogP contribution >= 0.6 is 0 Å². The molecule has 154 valence electrons. The van der Waals surface area contributed by atoms with Crippen molar-refractivity contribution >= 4 is 27.3 Å². The lowest BCUT2D eigenvalue weighted by Crippen LogP contribution is -2.35. The maximum Gasteiger partial charge on any atom is 0.262 e. The number of halogens is 2.